The van der Waals surface area contributed by atoms with Gasteiger partial charge in [0.1, 0.15) is 11.9 Å². The molecule has 21 heavy (non-hydrogen) atoms. The van der Waals surface area contributed by atoms with Crippen molar-refractivity contribution in [1.82, 2.24) is 4.98 Å². The van der Waals surface area contributed by atoms with Crippen LogP contribution in [0.3, 0.4) is 0 Å². The largest absolute Gasteiger partial charge is 0.493 e. The van der Waals surface area contributed by atoms with Crippen LogP contribution in [0.5, 0.6) is 5.75 Å². The molecule has 1 aliphatic rings. The van der Waals surface area contributed by atoms with Crippen LogP contribution in [0.2, 0.25) is 0 Å². The maximum Gasteiger partial charge on any atom is 0.128 e. The van der Waals surface area contributed by atoms with Crippen molar-refractivity contribution in [3.8, 4) is 5.75 Å². The summed E-state index contributed by atoms with van der Waals surface area (Å²) in [5.74, 6) is 0.831. The number of nitrogens with zero attached hydrogens (tertiary/aromatic N) is 1. The van der Waals surface area contributed by atoms with Crippen LogP contribution in [0.4, 0.5) is 0 Å². The van der Waals surface area contributed by atoms with Crippen molar-refractivity contribution in [2.24, 2.45) is 0 Å². The molecule has 0 amide bonds. The summed E-state index contributed by atoms with van der Waals surface area (Å²) in [6.45, 7) is 0.687. The minimum atomic E-state index is -0.725. The molecular weight excluding hydrogens is 262 g/mol. The number of aromatic nitrogens is 1. The third-order valence-electron chi connectivity index (χ3n) is 4.00. The van der Waals surface area contributed by atoms with Gasteiger partial charge in [-0.25, -0.2) is 0 Å². The van der Waals surface area contributed by atoms with Crippen LogP contribution in [0.15, 0.2) is 54.7 Å². The molecule has 0 fully saturated rings. The monoisotopic (exact) mass is 277 g/mol. The van der Waals surface area contributed by atoms with E-state index in [1.807, 2.05) is 42.5 Å². The Balaban J connectivity index is 1.88. The second-order valence-electron chi connectivity index (χ2n) is 5.26. The number of hydrogen-bond donors (Lipinski definition) is 1. The van der Waals surface area contributed by atoms with Gasteiger partial charge in [0.2, 0.25) is 0 Å². The van der Waals surface area contributed by atoms with Crippen LogP contribution in [-0.4, -0.2) is 16.7 Å². The summed E-state index contributed by atoms with van der Waals surface area (Å²) in [6.07, 6.45) is 1.94. The minimum absolute atomic E-state index is 0.687. The predicted octanol–water partition coefficient (Wildman–Crippen LogP) is 3.25. The number of pyridine rings is 1. The van der Waals surface area contributed by atoms with E-state index in [4.69, 9.17) is 4.74 Å². The summed E-state index contributed by atoms with van der Waals surface area (Å²) in [5.41, 5.74) is 3.64. The first-order valence-corrected chi connectivity index (χ1v) is 7.11. The fourth-order valence-electron chi connectivity index (χ4n) is 2.97. The normalized spacial score (nSPS) is 14.7. The highest BCUT2D eigenvalue weighted by molar-refractivity contribution is 5.82. The topological polar surface area (TPSA) is 42.4 Å². The van der Waals surface area contributed by atoms with E-state index in [0.29, 0.717) is 6.61 Å². The number of ether oxygens (including phenoxy) is 1. The number of rotatable bonds is 2. The van der Waals surface area contributed by atoms with Crippen LogP contribution in [0.25, 0.3) is 10.9 Å². The minimum Gasteiger partial charge on any atom is -0.493 e. The third-order valence-corrected chi connectivity index (χ3v) is 4.00. The van der Waals surface area contributed by atoms with Crippen LogP contribution in [0.1, 0.15) is 22.8 Å². The molecular formula is C18H15NO2. The van der Waals surface area contributed by atoms with Crippen LogP contribution >= 0.6 is 0 Å². The zero-order valence-corrected chi connectivity index (χ0v) is 11.5. The second kappa shape index (κ2) is 4.86. The Hall–Kier alpha value is -2.39. The third kappa shape index (κ3) is 1.98. The lowest BCUT2D eigenvalue weighted by Crippen LogP contribution is -2.03. The average molecular weight is 277 g/mol. The lowest BCUT2D eigenvalue weighted by molar-refractivity contribution is 0.215. The van der Waals surface area contributed by atoms with Gasteiger partial charge in [-0.05, 0) is 11.6 Å². The van der Waals surface area contributed by atoms with E-state index in [1.165, 1.54) is 5.56 Å². The predicted molar refractivity (Wildman–Crippen MR) is 81.4 cm³/mol. The fraction of sp³-hybridized carbons (Fsp3) is 0.167. The molecule has 0 saturated carbocycles. The van der Waals surface area contributed by atoms with Crippen molar-refractivity contribution in [2.45, 2.75) is 12.5 Å². The van der Waals surface area contributed by atoms with Gasteiger partial charge in [-0.3, -0.25) is 4.98 Å². The van der Waals surface area contributed by atoms with Crippen molar-refractivity contribution in [1.29, 1.82) is 0 Å². The summed E-state index contributed by atoms with van der Waals surface area (Å²) in [7, 11) is 0. The zero-order valence-electron chi connectivity index (χ0n) is 11.5. The fourth-order valence-corrected chi connectivity index (χ4v) is 2.97. The first-order chi connectivity index (χ1) is 10.3. The molecule has 2 heterocycles. The second-order valence-corrected chi connectivity index (χ2v) is 5.26. The number of hydrogen-bond acceptors (Lipinski definition) is 3. The molecule has 1 atom stereocenters. The quantitative estimate of drug-likeness (QED) is 0.782. The lowest BCUT2D eigenvalue weighted by atomic mass is 9.96. The van der Waals surface area contributed by atoms with Gasteiger partial charge < -0.3 is 9.84 Å². The molecule has 3 nitrogen and oxygen atoms in total. The van der Waals surface area contributed by atoms with Crippen LogP contribution < -0.4 is 4.74 Å². The van der Waals surface area contributed by atoms with E-state index in [2.05, 4.69) is 11.1 Å². The van der Waals surface area contributed by atoms with Crippen molar-refractivity contribution in [3.63, 3.8) is 0 Å². The van der Waals surface area contributed by atoms with Gasteiger partial charge in [-0.2, -0.15) is 0 Å². The molecule has 3 heteroatoms. The molecule has 3 aromatic rings. The van der Waals surface area contributed by atoms with Gasteiger partial charge in [0.15, 0.2) is 0 Å². The molecule has 4 rings (SSSR count). The van der Waals surface area contributed by atoms with Crippen molar-refractivity contribution >= 4 is 10.9 Å². The Morgan fingerprint density at radius 1 is 1.00 bits per heavy atom. The van der Waals surface area contributed by atoms with Gasteiger partial charge in [-0.1, -0.05) is 42.5 Å². The first kappa shape index (κ1) is 12.4. The van der Waals surface area contributed by atoms with Gasteiger partial charge in [0.25, 0.3) is 0 Å². The number of para-hydroxylation sites is 2. The SMILES string of the molecule is OC(c1cccc2c1OCC2)c1cccc2cccnc12. The summed E-state index contributed by atoms with van der Waals surface area (Å²) in [6, 6.07) is 15.7. The van der Waals surface area contributed by atoms with Gasteiger partial charge in [0.05, 0.1) is 12.1 Å². The van der Waals surface area contributed by atoms with E-state index in [0.717, 1.165) is 34.2 Å². The molecule has 0 saturated heterocycles. The molecule has 0 bridgehead atoms. The molecule has 0 spiro atoms. The molecule has 1 aliphatic heterocycles. The standard InChI is InChI=1S/C18H15NO2/c20-17(15-8-2-5-13-9-11-21-18(13)15)14-7-1-4-12-6-3-10-19-16(12)14/h1-8,10,17,20H,9,11H2. The number of aliphatic hydroxyl groups is 1. The van der Waals surface area contributed by atoms with Gasteiger partial charge in [0, 0.05) is 29.1 Å². The maximum atomic E-state index is 10.8. The van der Waals surface area contributed by atoms with E-state index >= 15 is 0 Å². The van der Waals surface area contributed by atoms with Crippen molar-refractivity contribution in [2.75, 3.05) is 6.61 Å². The Morgan fingerprint density at radius 3 is 2.76 bits per heavy atom. The molecule has 0 aliphatic carbocycles. The Kier molecular flexibility index (Phi) is 2.86. The molecule has 1 aromatic heterocycles. The molecule has 104 valence electrons. The molecule has 1 unspecified atom stereocenters. The highest BCUT2D eigenvalue weighted by Crippen LogP contribution is 2.37. The Morgan fingerprint density at radius 2 is 1.81 bits per heavy atom. The van der Waals surface area contributed by atoms with E-state index in [1.54, 1.807) is 6.20 Å². The summed E-state index contributed by atoms with van der Waals surface area (Å²) in [4.78, 5) is 4.42. The van der Waals surface area contributed by atoms with Gasteiger partial charge >= 0.3 is 0 Å². The Labute approximate surface area is 122 Å². The van der Waals surface area contributed by atoms with E-state index < -0.39 is 6.10 Å². The lowest BCUT2D eigenvalue weighted by Gasteiger charge is -2.16. The highest BCUT2D eigenvalue weighted by Gasteiger charge is 2.23. The highest BCUT2D eigenvalue weighted by atomic mass is 16.5. The first-order valence-electron chi connectivity index (χ1n) is 7.11. The number of fused-ring (bicyclic) bond motifs is 2. The molecule has 0 radical (unpaired) electrons. The van der Waals surface area contributed by atoms with Crippen molar-refractivity contribution < 1.29 is 9.84 Å². The molecule has 1 N–H and O–H groups in total. The number of benzene rings is 2. The summed E-state index contributed by atoms with van der Waals surface area (Å²) < 4.78 is 5.70. The average Bonchev–Trinajstić information content (AvgIpc) is 3.02. The Bertz CT molecular complexity index is 808. The number of aliphatic hydroxyl groups excluding tert-OH is 1. The zero-order chi connectivity index (χ0) is 14.2. The summed E-state index contributed by atoms with van der Waals surface area (Å²) >= 11 is 0. The van der Waals surface area contributed by atoms with Crippen molar-refractivity contribution in [3.05, 3.63) is 71.4 Å². The van der Waals surface area contributed by atoms with E-state index in [-0.39, 0.29) is 0 Å². The maximum absolute atomic E-state index is 10.8. The van der Waals surface area contributed by atoms with Gasteiger partial charge in [-0.15, -0.1) is 0 Å². The van der Waals surface area contributed by atoms with Crippen LogP contribution in [0, 0.1) is 0 Å². The molecule has 2 aromatic carbocycles. The van der Waals surface area contributed by atoms with E-state index in [9.17, 15) is 5.11 Å². The summed E-state index contributed by atoms with van der Waals surface area (Å²) in [5, 5.41) is 11.9. The smallest absolute Gasteiger partial charge is 0.128 e. The van der Waals surface area contributed by atoms with Crippen LogP contribution in [-0.2, 0) is 6.42 Å².